The molecule has 0 atom stereocenters. The van der Waals surface area contributed by atoms with Crippen LogP contribution in [0.25, 0.3) is 11.3 Å². The van der Waals surface area contributed by atoms with Gasteiger partial charge in [-0.25, -0.2) is 10.2 Å². The summed E-state index contributed by atoms with van der Waals surface area (Å²) in [6.45, 7) is -0.459. The number of hydrazone groups is 1. The molecule has 2 aromatic carbocycles. The number of hydrogen-bond donors (Lipinski definition) is 3. The summed E-state index contributed by atoms with van der Waals surface area (Å²) in [4.78, 5) is 23.3. The van der Waals surface area contributed by atoms with Crippen molar-refractivity contribution in [3.63, 3.8) is 0 Å². The number of ether oxygens (including phenoxy) is 1. The normalized spacial score (nSPS) is 12.3. The highest BCUT2D eigenvalue weighted by atomic mass is 16.5. The Morgan fingerprint density at radius 2 is 1.97 bits per heavy atom. The SMILES string of the molecule is O=C(O)COc1ccccc1/C=N\NC(=O)c1[nH]nc2c1CCc1ccccc1-2. The van der Waals surface area contributed by atoms with Gasteiger partial charge in [0.2, 0.25) is 0 Å². The van der Waals surface area contributed by atoms with Crippen molar-refractivity contribution in [3.8, 4) is 17.0 Å². The van der Waals surface area contributed by atoms with Gasteiger partial charge >= 0.3 is 5.97 Å². The summed E-state index contributed by atoms with van der Waals surface area (Å²) in [7, 11) is 0. The number of rotatable bonds is 6. The lowest BCUT2D eigenvalue weighted by atomic mass is 9.89. The molecule has 0 fully saturated rings. The van der Waals surface area contributed by atoms with Crippen LogP contribution in [0.2, 0.25) is 0 Å². The number of nitrogens with one attached hydrogen (secondary N) is 2. The number of aliphatic carboxylic acids is 1. The third-order valence-electron chi connectivity index (χ3n) is 4.65. The van der Waals surface area contributed by atoms with E-state index in [9.17, 15) is 9.59 Å². The molecular formula is C21H18N4O4. The van der Waals surface area contributed by atoms with Gasteiger partial charge in [-0.05, 0) is 30.5 Å². The molecule has 8 heteroatoms. The number of fused-ring (bicyclic) bond motifs is 3. The van der Waals surface area contributed by atoms with Gasteiger partial charge in [0.1, 0.15) is 11.4 Å². The highest BCUT2D eigenvalue weighted by Crippen LogP contribution is 2.33. The van der Waals surface area contributed by atoms with Gasteiger partial charge in [0.05, 0.1) is 11.9 Å². The van der Waals surface area contributed by atoms with Crippen LogP contribution in [0.1, 0.15) is 27.2 Å². The molecule has 0 saturated heterocycles. The molecule has 0 unspecified atom stereocenters. The smallest absolute Gasteiger partial charge is 0.341 e. The van der Waals surface area contributed by atoms with Gasteiger partial charge < -0.3 is 9.84 Å². The van der Waals surface area contributed by atoms with Crippen molar-refractivity contribution in [2.24, 2.45) is 5.10 Å². The number of hydrogen-bond acceptors (Lipinski definition) is 5. The molecule has 0 radical (unpaired) electrons. The quantitative estimate of drug-likeness (QED) is 0.441. The highest BCUT2D eigenvalue weighted by molar-refractivity contribution is 5.96. The maximum absolute atomic E-state index is 12.6. The van der Waals surface area contributed by atoms with Gasteiger partial charge in [-0.15, -0.1) is 0 Å². The van der Waals surface area contributed by atoms with E-state index in [1.165, 1.54) is 11.8 Å². The molecule has 0 bridgehead atoms. The average molecular weight is 390 g/mol. The molecule has 0 spiro atoms. The number of aryl methyl sites for hydroxylation is 1. The second-order valence-electron chi connectivity index (χ2n) is 6.50. The molecule has 1 amide bonds. The Balaban J connectivity index is 1.48. The van der Waals surface area contributed by atoms with Crippen LogP contribution in [0, 0.1) is 0 Å². The molecule has 3 aromatic rings. The third-order valence-corrected chi connectivity index (χ3v) is 4.65. The van der Waals surface area contributed by atoms with E-state index in [1.807, 2.05) is 18.2 Å². The van der Waals surface area contributed by atoms with Crippen LogP contribution in [0.4, 0.5) is 0 Å². The van der Waals surface area contributed by atoms with E-state index in [0.29, 0.717) is 17.0 Å². The molecule has 1 aromatic heterocycles. The molecule has 146 valence electrons. The number of para-hydroxylation sites is 1. The van der Waals surface area contributed by atoms with Crippen LogP contribution in [0.15, 0.2) is 53.6 Å². The van der Waals surface area contributed by atoms with Crippen molar-refractivity contribution in [3.05, 3.63) is 70.9 Å². The largest absolute Gasteiger partial charge is 0.481 e. The molecule has 0 saturated carbocycles. The number of aromatic nitrogens is 2. The van der Waals surface area contributed by atoms with Crippen molar-refractivity contribution in [2.45, 2.75) is 12.8 Å². The maximum atomic E-state index is 12.6. The monoisotopic (exact) mass is 390 g/mol. The molecule has 8 nitrogen and oxygen atoms in total. The summed E-state index contributed by atoms with van der Waals surface area (Å²) in [6.07, 6.45) is 2.98. The number of carboxylic acid groups (broad SMARTS) is 1. The first-order chi connectivity index (χ1) is 14.1. The van der Waals surface area contributed by atoms with Gasteiger partial charge in [-0.1, -0.05) is 36.4 Å². The molecule has 4 rings (SSSR count). The zero-order chi connectivity index (χ0) is 20.2. The second-order valence-corrected chi connectivity index (χ2v) is 6.50. The molecule has 3 N–H and O–H groups in total. The Kier molecular flexibility index (Phi) is 5.07. The fourth-order valence-electron chi connectivity index (χ4n) is 3.32. The molecule has 1 aliphatic carbocycles. The Bertz CT molecular complexity index is 1100. The number of H-pyrrole nitrogens is 1. The van der Waals surface area contributed by atoms with E-state index in [4.69, 9.17) is 9.84 Å². The zero-order valence-electron chi connectivity index (χ0n) is 15.4. The predicted molar refractivity (Wildman–Crippen MR) is 106 cm³/mol. The van der Waals surface area contributed by atoms with E-state index in [0.717, 1.165) is 29.7 Å². The summed E-state index contributed by atoms with van der Waals surface area (Å²) < 4.78 is 5.22. The summed E-state index contributed by atoms with van der Waals surface area (Å²) in [5, 5.41) is 19.9. The summed E-state index contributed by atoms with van der Waals surface area (Å²) in [5.74, 6) is -1.10. The van der Waals surface area contributed by atoms with Crippen molar-refractivity contribution < 1.29 is 19.4 Å². The van der Waals surface area contributed by atoms with Crippen LogP contribution in [-0.4, -0.2) is 40.0 Å². The Morgan fingerprint density at radius 3 is 2.83 bits per heavy atom. The standard InChI is InChI=1S/C21H18N4O4/c26-18(27)12-29-17-8-4-2-6-14(17)11-22-25-21(28)20-16-10-9-13-5-1-3-7-15(13)19(16)23-24-20/h1-8,11H,9-10,12H2,(H,23,24)(H,25,28)(H,26,27)/b22-11-. The fourth-order valence-corrected chi connectivity index (χ4v) is 3.32. The van der Waals surface area contributed by atoms with E-state index in [1.54, 1.807) is 24.3 Å². The van der Waals surface area contributed by atoms with Crippen molar-refractivity contribution in [1.82, 2.24) is 15.6 Å². The summed E-state index contributed by atoms with van der Waals surface area (Å²) in [5.41, 5.74) is 7.36. The third kappa shape index (κ3) is 3.86. The molecule has 0 aliphatic heterocycles. The summed E-state index contributed by atoms with van der Waals surface area (Å²) >= 11 is 0. The average Bonchev–Trinajstić information content (AvgIpc) is 3.17. The van der Waals surface area contributed by atoms with Crippen molar-refractivity contribution >= 4 is 18.1 Å². The number of carbonyl (C=O) groups is 2. The first kappa shape index (κ1) is 18.4. The Hall–Kier alpha value is -3.94. The van der Waals surface area contributed by atoms with Crippen LogP contribution in [0.3, 0.4) is 0 Å². The van der Waals surface area contributed by atoms with Gasteiger partial charge in [0.15, 0.2) is 6.61 Å². The second kappa shape index (κ2) is 7.97. The lowest BCUT2D eigenvalue weighted by molar-refractivity contribution is -0.139. The number of amides is 1. The summed E-state index contributed by atoms with van der Waals surface area (Å²) in [6, 6.07) is 14.9. The molecule has 1 aliphatic rings. The molecular weight excluding hydrogens is 372 g/mol. The number of benzene rings is 2. The number of carbonyl (C=O) groups excluding carboxylic acids is 1. The van der Waals surface area contributed by atoms with Crippen LogP contribution in [0.5, 0.6) is 5.75 Å². The van der Waals surface area contributed by atoms with E-state index in [2.05, 4.69) is 26.8 Å². The van der Waals surface area contributed by atoms with Gasteiger partial charge in [-0.2, -0.15) is 10.2 Å². The van der Waals surface area contributed by atoms with E-state index < -0.39 is 18.5 Å². The molecule has 1 heterocycles. The Labute approximate surface area is 166 Å². The van der Waals surface area contributed by atoms with Crippen molar-refractivity contribution in [2.75, 3.05) is 6.61 Å². The van der Waals surface area contributed by atoms with E-state index >= 15 is 0 Å². The first-order valence-corrected chi connectivity index (χ1v) is 9.06. The minimum absolute atomic E-state index is 0.364. The number of carboxylic acids is 1. The van der Waals surface area contributed by atoms with Gasteiger partial charge in [0.25, 0.3) is 5.91 Å². The lowest BCUT2D eigenvalue weighted by Gasteiger charge is -2.15. The number of aromatic amines is 1. The molecule has 29 heavy (non-hydrogen) atoms. The van der Waals surface area contributed by atoms with E-state index in [-0.39, 0.29) is 0 Å². The topological polar surface area (TPSA) is 117 Å². The van der Waals surface area contributed by atoms with Crippen LogP contribution >= 0.6 is 0 Å². The first-order valence-electron chi connectivity index (χ1n) is 9.06. The van der Waals surface area contributed by atoms with Crippen LogP contribution < -0.4 is 10.2 Å². The number of nitrogens with zero attached hydrogens (tertiary/aromatic N) is 2. The van der Waals surface area contributed by atoms with Gasteiger partial charge in [-0.3, -0.25) is 9.89 Å². The minimum atomic E-state index is -1.07. The van der Waals surface area contributed by atoms with Crippen LogP contribution in [-0.2, 0) is 17.6 Å². The predicted octanol–water partition coefficient (Wildman–Crippen LogP) is 2.40. The maximum Gasteiger partial charge on any atom is 0.341 e. The highest BCUT2D eigenvalue weighted by Gasteiger charge is 2.24. The zero-order valence-corrected chi connectivity index (χ0v) is 15.4. The fraction of sp³-hybridized carbons (Fsp3) is 0.143. The minimum Gasteiger partial charge on any atom is -0.481 e. The van der Waals surface area contributed by atoms with Crippen molar-refractivity contribution in [1.29, 1.82) is 0 Å². The van der Waals surface area contributed by atoms with Gasteiger partial charge in [0, 0.05) is 16.7 Å². The lowest BCUT2D eigenvalue weighted by Crippen LogP contribution is -2.20. The Morgan fingerprint density at radius 1 is 1.17 bits per heavy atom.